The number of nitrogens with zero attached hydrogens (tertiary/aromatic N) is 6. The minimum atomic E-state index is -0.545. The lowest BCUT2D eigenvalue weighted by molar-refractivity contribution is -0.129. The number of primary amides is 1. The molecule has 4 aromatic rings. The van der Waals surface area contributed by atoms with Gasteiger partial charge >= 0.3 is 0 Å². The lowest BCUT2D eigenvalue weighted by atomic mass is 9.95. The van der Waals surface area contributed by atoms with E-state index in [1.165, 1.54) is 16.6 Å². The Labute approximate surface area is 243 Å². The normalized spacial score (nSPS) is 17.6. The first kappa shape index (κ1) is 29.1. The fraction of sp³-hybridized carbons (Fsp3) is 0.286. The molecule has 1 saturated heterocycles. The largest absolute Gasteiger partial charge is 0.368 e. The zero-order valence-electron chi connectivity index (χ0n) is 21.9. The van der Waals surface area contributed by atoms with Gasteiger partial charge in [0.25, 0.3) is 0 Å². The van der Waals surface area contributed by atoms with E-state index in [9.17, 15) is 9.59 Å². The number of tetrazole rings is 1. The molecule has 0 aliphatic carbocycles. The molecule has 0 bridgehead atoms. The molecule has 1 aliphatic heterocycles. The van der Waals surface area contributed by atoms with Gasteiger partial charge in [0, 0.05) is 30.5 Å². The molecule has 1 fully saturated rings. The third-order valence-electron chi connectivity index (χ3n) is 7.19. The van der Waals surface area contributed by atoms with Gasteiger partial charge in [-0.3, -0.25) is 19.5 Å². The highest BCUT2D eigenvalue weighted by Crippen LogP contribution is 2.29. The highest BCUT2D eigenvalue weighted by molar-refractivity contribution is 6.30. The molecule has 3 N–H and O–H groups in total. The maximum absolute atomic E-state index is 13.2. The number of likely N-dealkylation sites (tertiary alicyclic amines) is 1. The van der Waals surface area contributed by atoms with Crippen LogP contribution in [0, 0.1) is 5.92 Å². The molecular formula is C28H30Cl2N8O2. The maximum atomic E-state index is 13.2. The molecule has 2 amide bonds. The Kier molecular flexibility index (Phi) is 9.46. The fourth-order valence-electron chi connectivity index (χ4n) is 5.18. The number of benzene rings is 2. The van der Waals surface area contributed by atoms with Crippen LogP contribution in [0.15, 0.2) is 73.3 Å². The van der Waals surface area contributed by atoms with Crippen molar-refractivity contribution in [2.75, 3.05) is 6.54 Å². The van der Waals surface area contributed by atoms with Crippen LogP contribution in [0.2, 0.25) is 5.02 Å². The van der Waals surface area contributed by atoms with Crippen molar-refractivity contribution < 1.29 is 9.59 Å². The summed E-state index contributed by atoms with van der Waals surface area (Å²) in [7, 11) is 0. The van der Waals surface area contributed by atoms with Crippen LogP contribution in [0.1, 0.15) is 24.5 Å². The topological polar surface area (TPSA) is 132 Å². The molecule has 10 nitrogen and oxygen atoms in total. The van der Waals surface area contributed by atoms with Gasteiger partial charge in [-0.05, 0) is 82.6 Å². The van der Waals surface area contributed by atoms with E-state index in [0.29, 0.717) is 23.7 Å². The summed E-state index contributed by atoms with van der Waals surface area (Å²) in [6.07, 6.45) is 6.47. The van der Waals surface area contributed by atoms with Crippen LogP contribution < -0.4 is 11.1 Å². The summed E-state index contributed by atoms with van der Waals surface area (Å²) >= 11 is 6.20. The molecule has 1 aliphatic rings. The number of nitrogens with two attached hydrogens (primary N) is 1. The predicted molar refractivity (Wildman–Crippen MR) is 154 cm³/mol. The Hall–Kier alpha value is -3.86. The van der Waals surface area contributed by atoms with E-state index in [4.69, 9.17) is 17.3 Å². The number of nitrogens with one attached hydrogen (secondary N) is 1. The van der Waals surface area contributed by atoms with Gasteiger partial charge in [0.05, 0.1) is 17.8 Å². The Bertz CT molecular complexity index is 1430. The molecule has 0 saturated carbocycles. The van der Waals surface area contributed by atoms with Crippen molar-refractivity contribution in [2.45, 2.75) is 38.4 Å². The number of hydrogen-bond donors (Lipinski definition) is 2. The van der Waals surface area contributed by atoms with Gasteiger partial charge in [-0.2, -0.15) is 0 Å². The maximum Gasteiger partial charge on any atom is 0.237 e. The number of rotatable bonds is 9. The molecule has 12 heteroatoms. The molecule has 3 heterocycles. The second-order valence-corrected chi connectivity index (χ2v) is 10.2. The number of aromatic nitrogens is 5. The first-order valence-corrected chi connectivity index (χ1v) is 13.1. The number of hydrogen-bond acceptors (Lipinski definition) is 7. The van der Waals surface area contributed by atoms with Crippen molar-refractivity contribution in [1.29, 1.82) is 0 Å². The Balaban J connectivity index is 0.00000370. The van der Waals surface area contributed by atoms with Crippen LogP contribution in [0.3, 0.4) is 0 Å². The molecule has 208 valence electrons. The number of pyridine rings is 1. The quantitative estimate of drug-likeness (QED) is 0.310. The van der Waals surface area contributed by atoms with Gasteiger partial charge in [-0.1, -0.05) is 41.9 Å². The van der Waals surface area contributed by atoms with E-state index in [2.05, 4.69) is 50.1 Å². The van der Waals surface area contributed by atoms with Gasteiger partial charge in [0.15, 0.2) is 0 Å². The average Bonchev–Trinajstić information content (AvgIpc) is 3.63. The molecule has 0 radical (unpaired) electrons. The van der Waals surface area contributed by atoms with Gasteiger partial charge in [-0.15, -0.1) is 17.5 Å². The summed E-state index contributed by atoms with van der Waals surface area (Å²) in [6, 6.07) is 16.6. The summed E-state index contributed by atoms with van der Waals surface area (Å²) in [5.74, 6) is -0.424. The monoisotopic (exact) mass is 580 g/mol. The minimum Gasteiger partial charge on any atom is -0.368 e. The van der Waals surface area contributed by atoms with E-state index >= 15 is 0 Å². The third kappa shape index (κ3) is 6.64. The van der Waals surface area contributed by atoms with Crippen molar-refractivity contribution in [1.82, 2.24) is 35.4 Å². The van der Waals surface area contributed by atoms with Crippen LogP contribution in [-0.2, 0) is 22.6 Å². The van der Waals surface area contributed by atoms with Crippen molar-refractivity contribution in [3.05, 3.63) is 89.5 Å². The first-order chi connectivity index (χ1) is 18.9. The van der Waals surface area contributed by atoms with Crippen molar-refractivity contribution in [2.24, 2.45) is 11.7 Å². The Morgan fingerprint density at radius 1 is 1.15 bits per heavy atom. The number of halogens is 2. The molecule has 0 spiro atoms. The standard InChI is InChI=1S/C28H29ClN8O2.ClH/c1-18(28(39)32-15-23-13-24(29)8-9-25(23)37-17-33-34-35-37)36-16-20(12-26(36)27(30)38)11-19-4-6-21(7-5-19)22-3-2-10-31-14-22;/h2-10,13-14,17-18,20,26H,11-12,15-16H2,1H3,(H2,30,38)(H,32,39);1H/t18-,20?,26?;/m0./s1. The zero-order valence-corrected chi connectivity index (χ0v) is 23.4. The van der Waals surface area contributed by atoms with E-state index in [1.807, 2.05) is 23.2 Å². The van der Waals surface area contributed by atoms with Gasteiger partial charge in [-0.25, -0.2) is 4.68 Å². The zero-order chi connectivity index (χ0) is 27.4. The summed E-state index contributed by atoms with van der Waals surface area (Å²) in [5.41, 5.74) is 10.6. The molecule has 40 heavy (non-hydrogen) atoms. The van der Waals surface area contributed by atoms with Crippen LogP contribution in [0.4, 0.5) is 0 Å². The molecule has 5 rings (SSSR count). The van der Waals surface area contributed by atoms with Crippen LogP contribution in [-0.4, -0.2) is 60.5 Å². The van der Waals surface area contributed by atoms with Crippen LogP contribution in [0.5, 0.6) is 0 Å². The first-order valence-electron chi connectivity index (χ1n) is 12.7. The molecule has 2 unspecified atom stereocenters. The Morgan fingerprint density at radius 3 is 2.62 bits per heavy atom. The summed E-state index contributed by atoms with van der Waals surface area (Å²) in [6.45, 7) is 2.62. The highest BCUT2D eigenvalue weighted by atomic mass is 35.5. The van der Waals surface area contributed by atoms with Crippen LogP contribution in [0.25, 0.3) is 16.8 Å². The van der Waals surface area contributed by atoms with Crippen molar-refractivity contribution in [3.8, 4) is 16.8 Å². The van der Waals surface area contributed by atoms with E-state index < -0.39 is 18.0 Å². The Morgan fingerprint density at radius 2 is 1.95 bits per heavy atom. The highest BCUT2D eigenvalue weighted by Gasteiger charge is 2.40. The minimum absolute atomic E-state index is 0. The van der Waals surface area contributed by atoms with Gasteiger partial charge < -0.3 is 11.1 Å². The van der Waals surface area contributed by atoms with Crippen molar-refractivity contribution in [3.63, 3.8) is 0 Å². The van der Waals surface area contributed by atoms with Crippen LogP contribution >= 0.6 is 24.0 Å². The second kappa shape index (κ2) is 13.0. The van der Waals surface area contributed by atoms with Gasteiger partial charge in [0.2, 0.25) is 11.8 Å². The summed E-state index contributed by atoms with van der Waals surface area (Å²) in [4.78, 5) is 31.6. The lowest BCUT2D eigenvalue weighted by Gasteiger charge is -2.28. The lowest BCUT2D eigenvalue weighted by Crippen LogP contribution is -2.51. The number of carbonyl (C=O) groups is 2. The fourth-order valence-corrected chi connectivity index (χ4v) is 5.37. The second-order valence-electron chi connectivity index (χ2n) is 9.78. The summed E-state index contributed by atoms with van der Waals surface area (Å²) < 4.78 is 1.51. The van der Waals surface area contributed by atoms with Crippen molar-refractivity contribution >= 4 is 35.8 Å². The number of carbonyl (C=O) groups excluding carboxylic acids is 2. The van der Waals surface area contributed by atoms with E-state index in [1.54, 1.807) is 31.3 Å². The predicted octanol–water partition coefficient (Wildman–Crippen LogP) is 3.22. The van der Waals surface area contributed by atoms with E-state index in [0.717, 1.165) is 23.1 Å². The third-order valence-corrected chi connectivity index (χ3v) is 7.43. The molecule has 2 aromatic heterocycles. The SMILES string of the molecule is C[C@@H](C(=O)NCc1cc(Cl)ccc1-n1cnnn1)N1CC(Cc2ccc(-c3cccnc3)cc2)CC1C(N)=O.Cl. The molecule has 2 aromatic carbocycles. The summed E-state index contributed by atoms with van der Waals surface area (Å²) in [5, 5.41) is 14.8. The number of amides is 2. The van der Waals surface area contributed by atoms with E-state index in [-0.39, 0.29) is 30.8 Å². The molecule has 3 atom stereocenters. The molecular weight excluding hydrogens is 551 g/mol. The average molecular weight is 582 g/mol. The smallest absolute Gasteiger partial charge is 0.237 e. The van der Waals surface area contributed by atoms with Gasteiger partial charge in [0.1, 0.15) is 6.33 Å².